The number of hydrogen-bond acceptors (Lipinski definition) is 2. The average molecular weight is 230 g/mol. The van der Waals surface area contributed by atoms with Crippen molar-refractivity contribution >= 4 is 11.6 Å². The molecule has 0 amide bonds. The van der Waals surface area contributed by atoms with Crippen LogP contribution in [0.4, 0.5) is 0 Å². The van der Waals surface area contributed by atoms with Crippen LogP contribution in [-0.2, 0) is 11.2 Å². The van der Waals surface area contributed by atoms with Gasteiger partial charge >= 0.3 is 5.97 Å². The van der Waals surface area contributed by atoms with Gasteiger partial charge in [0.15, 0.2) is 0 Å². The van der Waals surface area contributed by atoms with Gasteiger partial charge in [-0.3, -0.25) is 4.79 Å². The Balaban J connectivity index is 2.35. The summed E-state index contributed by atoms with van der Waals surface area (Å²) >= 11 is 0. The van der Waals surface area contributed by atoms with Gasteiger partial charge in [-0.25, -0.2) is 4.98 Å². The second-order valence-corrected chi connectivity index (χ2v) is 4.30. The SMILES string of the molecule is C=CC(C)(Cc1cn2ccccc2n1)C(=O)O. The van der Waals surface area contributed by atoms with Crippen LogP contribution < -0.4 is 0 Å². The van der Waals surface area contributed by atoms with Crippen LogP contribution in [-0.4, -0.2) is 20.5 Å². The number of carbonyl (C=O) groups is 1. The number of aromatic nitrogens is 2. The maximum absolute atomic E-state index is 11.2. The molecule has 0 aliphatic heterocycles. The standard InChI is InChI=1S/C13H14N2O2/c1-3-13(2,12(16)17)8-10-9-15-7-5-4-6-11(15)14-10/h3-7,9H,1,8H2,2H3,(H,16,17). The molecule has 4 nitrogen and oxygen atoms in total. The molecule has 0 radical (unpaired) electrons. The maximum Gasteiger partial charge on any atom is 0.313 e. The molecular formula is C13H14N2O2. The Labute approximate surface area is 99.2 Å². The van der Waals surface area contributed by atoms with Gasteiger partial charge < -0.3 is 9.51 Å². The molecule has 1 atom stereocenters. The summed E-state index contributed by atoms with van der Waals surface area (Å²) in [5, 5.41) is 9.16. The van der Waals surface area contributed by atoms with Crippen LogP contribution in [0.25, 0.3) is 5.65 Å². The molecule has 2 aromatic heterocycles. The lowest BCUT2D eigenvalue weighted by molar-refractivity contribution is -0.145. The number of pyridine rings is 1. The first-order valence-corrected chi connectivity index (χ1v) is 5.35. The number of carboxylic acid groups (broad SMARTS) is 1. The minimum absolute atomic E-state index is 0.341. The lowest BCUT2D eigenvalue weighted by Gasteiger charge is -2.18. The maximum atomic E-state index is 11.2. The van der Waals surface area contributed by atoms with Crippen molar-refractivity contribution in [3.8, 4) is 0 Å². The highest BCUT2D eigenvalue weighted by molar-refractivity contribution is 5.76. The topological polar surface area (TPSA) is 54.6 Å². The van der Waals surface area contributed by atoms with Gasteiger partial charge in [-0.2, -0.15) is 0 Å². The molecule has 2 heterocycles. The summed E-state index contributed by atoms with van der Waals surface area (Å²) in [5.41, 5.74) is 0.595. The number of fused-ring (bicyclic) bond motifs is 1. The van der Waals surface area contributed by atoms with Crippen molar-refractivity contribution in [2.75, 3.05) is 0 Å². The molecule has 0 aliphatic rings. The highest BCUT2D eigenvalue weighted by atomic mass is 16.4. The van der Waals surface area contributed by atoms with Crippen molar-refractivity contribution in [1.82, 2.24) is 9.38 Å². The van der Waals surface area contributed by atoms with Crippen molar-refractivity contribution in [2.24, 2.45) is 5.41 Å². The number of carboxylic acids is 1. The highest BCUT2D eigenvalue weighted by Gasteiger charge is 2.30. The van der Waals surface area contributed by atoms with Gasteiger partial charge in [0.2, 0.25) is 0 Å². The zero-order valence-corrected chi connectivity index (χ0v) is 9.63. The van der Waals surface area contributed by atoms with Gasteiger partial charge in [0.1, 0.15) is 5.65 Å². The molecule has 88 valence electrons. The Morgan fingerprint density at radius 1 is 1.65 bits per heavy atom. The highest BCUT2D eigenvalue weighted by Crippen LogP contribution is 2.24. The molecule has 1 N–H and O–H groups in total. The lowest BCUT2D eigenvalue weighted by atomic mass is 9.86. The Morgan fingerprint density at radius 2 is 2.41 bits per heavy atom. The molecule has 4 heteroatoms. The number of hydrogen-bond donors (Lipinski definition) is 1. The molecular weight excluding hydrogens is 216 g/mol. The molecule has 0 spiro atoms. The smallest absolute Gasteiger partial charge is 0.313 e. The molecule has 0 aliphatic carbocycles. The van der Waals surface area contributed by atoms with Gasteiger partial charge in [-0.15, -0.1) is 6.58 Å². The summed E-state index contributed by atoms with van der Waals surface area (Å²) in [7, 11) is 0. The lowest BCUT2D eigenvalue weighted by Crippen LogP contribution is -2.27. The quantitative estimate of drug-likeness (QED) is 0.819. The first-order valence-electron chi connectivity index (χ1n) is 5.35. The summed E-state index contributed by atoms with van der Waals surface area (Å²) in [5.74, 6) is -0.885. The fourth-order valence-corrected chi connectivity index (χ4v) is 1.68. The number of aliphatic carboxylic acids is 1. The van der Waals surface area contributed by atoms with Gasteiger partial charge in [-0.1, -0.05) is 12.1 Å². The van der Waals surface area contributed by atoms with Crippen LogP contribution in [0.2, 0.25) is 0 Å². The third kappa shape index (κ3) is 2.06. The van der Waals surface area contributed by atoms with Crippen LogP contribution in [0.5, 0.6) is 0 Å². The predicted molar refractivity (Wildman–Crippen MR) is 64.8 cm³/mol. The molecule has 2 aromatic rings. The van der Waals surface area contributed by atoms with Crippen molar-refractivity contribution in [3.63, 3.8) is 0 Å². The van der Waals surface area contributed by atoms with E-state index in [0.717, 1.165) is 11.3 Å². The second-order valence-electron chi connectivity index (χ2n) is 4.30. The first-order chi connectivity index (χ1) is 8.05. The van der Waals surface area contributed by atoms with E-state index in [2.05, 4.69) is 11.6 Å². The second kappa shape index (κ2) is 4.05. The molecule has 17 heavy (non-hydrogen) atoms. The Morgan fingerprint density at radius 3 is 3.00 bits per heavy atom. The van der Waals surface area contributed by atoms with Gasteiger partial charge in [-0.05, 0) is 19.1 Å². The van der Waals surface area contributed by atoms with Crippen LogP contribution >= 0.6 is 0 Å². The zero-order valence-electron chi connectivity index (χ0n) is 9.63. The minimum atomic E-state index is -0.974. The molecule has 0 saturated heterocycles. The number of rotatable bonds is 4. The van der Waals surface area contributed by atoms with Crippen molar-refractivity contribution in [2.45, 2.75) is 13.3 Å². The summed E-state index contributed by atoms with van der Waals surface area (Å²) in [6, 6.07) is 5.69. The van der Waals surface area contributed by atoms with Crippen molar-refractivity contribution in [1.29, 1.82) is 0 Å². The molecule has 0 saturated carbocycles. The third-order valence-corrected chi connectivity index (χ3v) is 2.90. The third-order valence-electron chi connectivity index (χ3n) is 2.90. The van der Waals surface area contributed by atoms with E-state index in [1.165, 1.54) is 6.08 Å². The normalized spacial score (nSPS) is 14.4. The first kappa shape index (κ1) is 11.4. The van der Waals surface area contributed by atoms with E-state index >= 15 is 0 Å². The van der Waals surface area contributed by atoms with Gasteiger partial charge in [0.25, 0.3) is 0 Å². The van der Waals surface area contributed by atoms with Crippen molar-refractivity contribution in [3.05, 3.63) is 48.9 Å². The van der Waals surface area contributed by atoms with Gasteiger partial charge in [0.05, 0.1) is 11.1 Å². The van der Waals surface area contributed by atoms with Crippen LogP contribution in [0, 0.1) is 5.41 Å². The van der Waals surface area contributed by atoms with Gasteiger partial charge in [0, 0.05) is 18.8 Å². The van der Waals surface area contributed by atoms with Crippen LogP contribution in [0.15, 0.2) is 43.2 Å². The van der Waals surface area contributed by atoms with Crippen LogP contribution in [0.1, 0.15) is 12.6 Å². The summed E-state index contributed by atoms with van der Waals surface area (Å²) in [6.45, 7) is 5.23. The predicted octanol–water partition coefficient (Wildman–Crippen LogP) is 2.15. The molecule has 0 fully saturated rings. The largest absolute Gasteiger partial charge is 0.481 e. The van der Waals surface area contributed by atoms with Crippen LogP contribution in [0.3, 0.4) is 0 Å². The minimum Gasteiger partial charge on any atom is -0.481 e. The van der Waals surface area contributed by atoms with E-state index in [0.29, 0.717) is 6.42 Å². The van der Waals surface area contributed by atoms with E-state index in [-0.39, 0.29) is 0 Å². The van der Waals surface area contributed by atoms with E-state index < -0.39 is 11.4 Å². The molecule has 0 aromatic carbocycles. The monoisotopic (exact) mass is 230 g/mol. The Kier molecular flexibility index (Phi) is 2.71. The van der Waals surface area contributed by atoms with E-state index in [9.17, 15) is 4.79 Å². The average Bonchev–Trinajstić information content (AvgIpc) is 2.70. The van der Waals surface area contributed by atoms with E-state index in [1.807, 2.05) is 35.0 Å². The summed E-state index contributed by atoms with van der Waals surface area (Å²) in [6.07, 6.45) is 5.53. The van der Waals surface area contributed by atoms with E-state index in [4.69, 9.17) is 5.11 Å². The Bertz CT molecular complexity index is 541. The summed E-state index contributed by atoms with van der Waals surface area (Å²) < 4.78 is 1.88. The molecule has 0 bridgehead atoms. The summed E-state index contributed by atoms with van der Waals surface area (Å²) in [4.78, 5) is 15.5. The fourth-order valence-electron chi connectivity index (χ4n) is 1.68. The molecule has 2 rings (SSSR count). The van der Waals surface area contributed by atoms with E-state index in [1.54, 1.807) is 6.92 Å². The Hall–Kier alpha value is -2.10. The fraction of sp³-hybridized carbons (Fsp3) is 0.231. The zero-order chi connectivity index (χ0) is 12.5. The van der Waals surface area contributed by atoms with Crippen molar-refractivity contribution < 1.29 is 9.90 Å². The molecule has 1 unspecified atom stereocenters. The number of imidazole rings is 1. The number of nitrogens with zero attached hydrogens (tertiary/aromatic N) is 2.